The monoisotopic (exact) mass is 542 g/mol. The van der Waals surface area contributed by atoms with E-state index >= 15 is 0 Å². The second-order valence-corrected chi connectivity index (χ2v) is 13.9. The van der Waals surface area contributed by atoms with Crippen molar-refractivity contribution in [2.24, 2.45) is 0 Å². The van der Waals surface area contributed by atoms with Crippen LogP contribution in [0.5, 0.6) is 0 Å². The third kappa shape index (κ3) is 34.7. The molecular weight excluding hydrogens is 473 g/mol. The summed E-state index contributed by atoms with van der Waals surface area (Å²) < 4.78 is 0. The van der Waals surface area contributed by atoms with Crippen LogP contribution in [0.25, 0.3) is 0 Å². The highest BCUT2D eigenvalue weighted by molar-refractivity contribution is 8.02. The van der Waals surface area contributed by atoms with Gasteiger partial charge in [-0.3, -0.25) is 0 Å². The molecule has 0 saturated carbocycles. The van der Waals surface area contributed by atoms with Crippen LogP contribution in [-0.4, -0.2) is 23.0 Å². The molecule has 0 rings (SSSR count). The SMILES string of the molecule is CCCCCCCCCCCCCCCCSCCSCCCCCCCCCCCCCCCC. The lowest BCUT2D eigenvalue weighted by atomic mass is 10.0. The van der Waals surface area contributed by atoms with E-state index in [1.165, 1.54) is 203 Å². The van der Waals surface area contributed by atoms with Crippen molar-refractivity contribution in [2.75, 3.05) is 23.0 Å². The first-order chi connectivity index (χ1) is 17.9. The maximum absolute atomic E-state index is 2.31. The largest absolute Gasteiger partial charge is 0.161 e. The first-order valence-corrected chi connectivity index (χ1v) is 19.4. The highest BCUT2D eigenvalue weighted by atomic mass is 32.2. The van der Waals surface area contributed by atoms with Crippen LogP contribution in [-0.2, 0) is 0 Å². The minimum absolute atomic E-state index is 1.37. The minimum atomic E-state index is 1.37. The van der Waals surface area contributed by atoms with Crippen molar-refractivity contribution < 1.29 is 0 Å². The molecule has 0 radical (unpaired) electrons. The number of thioether (sulfide) groups is 2. The Hall–Kier alpha value is 0.700. The molecule has 0 amide bonds. The fraction of sp³-hybridized carbons (Fsp3) is 1.00. The first kappa shape index (κ1) is 36.7. The lowest BCUT2D eigenvalue weighted by molar-refractivity contribution is 0.538. The number of unbranched alkanes of at least 4 members (excludes halogenated alkanes) is 26. The molecule has 0 aromatic heterocycles. The van der Waals surface area contributed by atoms with Crippen LogP contribution in [0.3, 0.4) is 0 Å². The summed E-state index contributed by atoms with van der Waals surface area (Å²) in [6.45, 7) is 4.61. The van der Waals surface area contributed by atoms with Crippen LogP contribution < -0.4 is 0 Å². The summed E-state index contributed by atoms with van der Waals surface area (Å²) >= 11 is 4.41. The van der Waals surface area contributed by atoms with Gasteiger partial charge in [0.2, 0.25) is 0 Å². The molecule has 0 fully saturated rings. The van der Waals surface area contributed by atoms with Crippen LogP contribution in [0, 0.1) is 0 Å². The molecule has 0 heterocycles. The lowest BCUT2D eigenvalue weighted by Crippen LogP contribution is -1.90. The van der Waals surface area contributed by atoms with Gasteiger partial charge in [0, 0.05) is 11.5 Å². The van der Waals surface area contributed by atoms with E-state index in [4.69, 9.17) is 0 Å². The second-order valence-electron chi connectivity index (χ2n) is 11.4. The molecule has 0 unspecified atom stereocenters. The molecule has 0 aliphatic heterocycles. The van der Waals surface area contributed by atoms with Gasteiger partial charge in [-0.2, -0.15) is 23.5 Å². The molecule has 0 bridgehead atoms. The summed E-state index contributed by atoms with van der Waals surface area (Å²) in [4.78, 5) is 0. The lowest BCUT2D eigenvalue weighted by Gasteiger charge is -2.05. The van der Waals surface area contributed by atoms with Gasteiger partial charge in [-0.15, -0.1) is 0 Å². The van der Waals surface area contributed by atoms with Gasteiger partial charge in [-0.1, -0.05) is 181 Å². The van der Waals surface area contributed by atoms with Gasteiger partial charge in [0.15, 0.2) is 0 Å². The molecule has 2 heteroatoms. The Morgan fingerprint density at radius 2 is 0.417 bits per heavy atom. The molecule has 0 aromatic rings. The maximum Gasteiger partial charge on any atom is 0.00235 e. The Kier molecular flexibility index (Phi) is 36.4. The molecule has 0 atom stereocenters. The fourth-order valence-corrected chi connectivity index (χ4v) is 7.29. The summed E-state index contributed by atoms with van der Waals surface area (Å²) in [7, 11) is 0. The average Bonchev–Trinajstić information content (AvgIpc) is 2.89. The molecule has 0 saturated heterocycles. The zero-order valence-electron chi connectivity index (χ0n) is 25.4. The van der Waals surface area contributed by atoms with E-state index in [1.807, 2.05) is 0 Å². The standard InChI is InChI=1S/C34H70S2/c1-3-5-7-9-11-13-15-17-19-21-23-25-27-29-31-35-33-34-36-32-30-28-26-24-22-20-18-16-14-12-10-8-6-4-2/h3-34H2,1-2H3. The number of hydrogen-bond acceptors (Lipinski definition) is 2. The smallest absolute Gasteiger partial charge is 0.00235 e. The molecule has 0 nitrogen and oxygen atoms in total. The van der Waals surface area contributed by atoms with E-state index in [-0.39, 0.29) is 0 Å². The van der Waals surface area contributed by atoms with Crippen molar-refractivity contribution in [1.29, 1.82) is 0 Å². The topological polar surface area (TPSA) is 0 Å². The third-order valence-corrected chi connectivity index (χ3v) is 10.1. The summed E-state index contributed by atoms with van der Waals surface area (Å²) in [5.74, 6) is 5.55. The first-order valence-electron chi connectivity index (χ1n) is 17.1. The van der Waals surface area contributed by atoms with Gasteiger partial charge in [0.1, 0.15) is 0 Å². The highest BCUT2D eigenvalue weighted by Gasteiger charge is 1.97. The van der Waals surface area contributed by atoms with Crippen LogP contribution >= 0.6 is 23.5 Å². The normalized spacial score (nSPS) is 11.5. The van der Waals surface area contributed by atoms with Crippen molar-refractivity contribution in [3.63, 3.8) is 0 Å². The molecule has 0 aromatic carbocycles. The molecular formula is C34H70S2. The van der Waals surface area contributed by atoms with E-state index < -0.39 is 0 Å². The van der Waals surface area contributed by atoms with E-state index in [0.717, 1.165) is 0 Å². The zero-order chi connectivity index (χ0) is 26.0. The Labute approximate surface area is 239 Å². The quantitative estimate of drug-likeness (QED) is 0.0756. The summed E-state index contributed by atoms with van der Waals surface area (Å²) in [5.41, 5.74) is 0. The van der Waals surface area contributed by atoms with Crippen molar-refractivity contribution in [3.8, 4) is 0 Å². The van der Waals surface area contributed by atoms with Crippen LogP contribution in [0.4, 0.5) is 0 Å². The molecule has 0 aliphatic rings. The van der Waals surface area contributed by atoms with Crippen molar-refractivity contribution in [2.45, 2.75) is 194 Å². The maximum atomic E-state index is 2.31. The summed E-state index contributed by atoms with van der Waals surface area (Å²) in [5, 5.41) is 0. The summed E-state index contributed by atoms with van der Waals surface area (Å²) in [6, 6.07) is 0. The van der Waals surface area contributed by atoms with Crippen LogP contribution in [0.1, 0.15) is 194 Å². The Morgan fingerprint density at radius 1 is 0.222 bits per heavy atom. The zero-order valence-corrected chi connectivity index (χ0v) is 27.1. The molecule has 36 heavy (non-hydrogen) atoms. The Morgan fingerprint density at radius 3 is 0.639 bits per heavy atom. The van der Waals surface area contributed by atoms with Crippen LogP contribution in [0.15, 0.2) is 0 Å². The van der Waals surface area contributed by atoms with Gasteiger partial charge in [0.25, 0.3) is 0 Å². The van der Waals surface area contributed by atoms with Crippen molar-refractivity contribution in [1.82, 2.24) is 0 Å². The van der Waals surface area contributed by atoms with Gasteiger partial charge < -0.3 is 0 Å². The average molecular weight is 543 g/mol. The summed E-state index contributed by atoms with van der Waals surface area (Å²) in [6.07, 6.45) is 41.1. The second kappa shape index (κ2) is 35.7. The number of rotatable bonds is 33. The van der Waals surface area contributed by atoms with Gasteiger partial charge in [-0.25, -0.2) is 0 Å². The van der Waals surface area contributed by atoms with Crippen molar-refractivity contribution in [3.05, 3.63) is 0 Å². The van der Waals surface area contributed by atoms with E-state index in [1.54, 1.807) is 0 Å². The highest BCUT2D eigenvalue weighted by Crippen LogP contribution is 2.16. The van der Waals surface area contributed by atoms with Gasteiger partial charge in [-0.05, 0) is 24.3 Å². The minimum Gasteiger partial charge on any atom is -0.161 e. The number of hydrogen-bond donors (Lipinski definition) is 0. The Bertz CT molecular complexity index is 323. The van der Waals surface area contributed by atoms with E-state index in [0.29, 0.717) is 0 Å². The fourth-order valence-electron chi connectivity index (χ4n) is 5.12. The van der Waals surface area contributed by atoms with E-state index in [2.05, 4.69) is 37.4 Å². The Balaban J connectivity index is 3.00. The van der Waals surface area contributed by atoms with E-state index in [9.17, 15) is 0 Å². The van der Waals surface area contributed by atoms with Crippen LogP contribution in [0.2, 0.25) is 0 Å². The molecule has 218 valence electrons. The van der Waals surface area contributed by atoms with Gasteiger partial charge in [0.05, 0.1) is 0 Å². The molecule has 0 aliphatic carbocycles. The van der Waals surface area contributed by atoms with Gasteiger partial charge >= 0.3 is 0 Å². The molecule has 0 N–H and O–H groups in total. The third-order valence-electron chi connectivity index (χ3n) is 7.66. The molecule has 0 spiro atoms. The predicted molar refractivity (Wildman–Crippen MR) is 175 cm³/mol. The van der Waals surface area contributed by atoms with Crippen molar-refractivity contribution >= 4 is 23.5 Å². The predicted octanol–water partition coefficient (Wildman–Crippen LogP) is 13.4.